The second kappa shape index (κ2) is 14.3. The van der Waals surface area contributed by atoms with Crippen LogP contribution >= 0.6 is 0 Å². The van der Waals surface area contributed by atoms with Crippen LogP contribution < -0.4 is 14.8 Å². The first kappa shape index (κ1) is 38.1. The normalized spacial score (nSPS) is 26.8. The number of phenolic OH excluding ortho intramolecular Hbond substituents is 1. The van der Waals surface area contributed by atoms with Crippen molar-refractivity contribution in [3.05, 3.63) is 93.5 Å². The lowest BCUT2D eigenvalue weighted by atomic mass is 9.69. The third kappa shape index (κ3) is 7.45. The number of ketones is 2. The van der Waals surface area contributed by atoms with Gasteiger partial charge < -0.3 is 29.1 Å². The average molecular weight is 724 g/mol. The predicted molar refractivity (Wildman–Crippen MR) is 204 cm³/mol. The number of furan rings is 1. The van der Waals surface area contributed by atoms with Gasteiger partial charge in [-0.25, -0.2) is 0 Å². The number of fused-ring (bicyclic) bond motifs is 6. The molecule has 282 valence electrons. The van der Waals surface area contributed by atoms with Crippen LogP contribution in [0.2, 0.25) is 0 Å². The van der Waals surface area contributed by atoms with Gasteiger partial charge in [0.05, 0.1) is 24.0 Å². The molecule has 1 aromatic carbocycles. The first-order chi connectivity index (χ1) is 24.9. The molecule has 53 heavy (non-hydrogen) atoms. The van der Waals surface area contributed by atoms with Crippen LogP contribution in [0.25, 0.3) is 6.08 Å². The zero-order valence-corrected chi connectivity index (χ0v) is 32.5. The van der Waals surface area contributed by atoms with E-state index in [-0.39, 0.29) is 47.7 Å². The van der Waals surface area contributed by atoms with Crippen molar-refractivity contribution >= 4 is 23.5 Å². The molecule has 2 N–H and O–H groups in total. The molecule has 2 aromatic rings. The Hall–Kier alpha value is -4.63. The summed E-state index contributed by atoms with van der Waals surface area (Å²) in [7, 11) is 0. The molecule has 6 rings (SSSR count). The second-order valence-corrected chi connectivity index (χ2v) is 16.4. The van der Waals surface area contributed by atoms with Gasteiger partial charge >= 0.3 is 0 Å². The molecule has 2 bridgehead atoms. The Balaban J connectivity index is 1.35. The van der Waals surface area contributed by atoms with Crippen molar-refractivity contribution in [2.45, 2.75) is 124 Å². The summed E-state index contributed by atoms with van der Waals surface area (Å²) in [4.78, 5) is 41.9. The first-order valence-corrected chi connectivity index (χ1v) is 18.6. The minimum Gasteiger partial charge on any atom is -0.506 e. The number of ether oxygens (including phenoxy) is 3. The van der Waals surface area contributed by atoms with Gasteiger partial charge in [-0.2, -0.15) is 0 Å². The number of aromatic hydroxyl groups is 1. The monoisotopic (exact) mass is 723 g/mol. The number of carbonyl (C=O) groups is 3. The Morgan fingerprint density at radius 2 is 1.75 bits per heavy atom. The number of amides is 1. The van der Waals surface area contributed by atoms with Crippen molar-refractivity contribution in [2.24, 2.45) is 11.8 Å². The van der Waals surface area contributed by atoms with Crippen LogP contribution in [0.1, 0.15) is 115 Å². The molecule has 1 saturated heterocycles. The molecule has 0 radical (unpaired) electrons. The number of Topliss-reactive ketones (excluding diaryl/α,β-unsaturated/α-hetero) is 2. The molecule has 1 aliphatic carbocycles. The highest BCUT2D eigenvalue weighted by atomic mass is 16.5. The van der Waals surface area contributed by atoms with Gasteiger partial charge in [-0.05, 0) is 112 Å². The molecule has 1 fully saturated rings. The highest BCUT2D eigenvalue weighted by Crippen LogP contribution is 2.55. The summed E-state index contributed by atoms with van der Waals surface area (Å²) < 4.78 is 25.7. The number of allylic oxidation sites excluding steroid dienone is 5. The summed E-state index contributed by atoms with van der Waals surface area (Å²) in [5, 5.41) is 14.6. The minimum absolute atomic E-state index is 0.0940. The number of carbonyl (C=O) groups excluding carboxylic acids is 3. The van der Waals surface area contributed by atoms with Crippen LogP contribution in [0.15, 0.2) is 75.5 Å². The van der Waals surface area contributed by atoms with Crippen molar-refractivity contribution in [1.29, 1.82) is 0 Å². The lowest BCUT2D eigenvalue weighted by Gasteiger charge is -2.45. The maximum absolute atomic E-state index is 14.6. The molecule has 1 aromatic heterocycles. The molecule has 5 atom stereocenters. The number of phenols is 1. The zero-order chi connectivity index (χ0) is 38.5. The van der Waals surface area contributed by atoms with E-state index in [0.29, 0.717) is 52.4 Å². The fourth-order valence-corrected chi connectivity index (χ4v) is 8.03. The average Bonchev–Trinajstić information content (AvgIpc) is 3.60. The third-order valence-corrected chi connectivity index (χ3v) is 11.1. The second-order valence-electron chi connectivity index (χ2n) is 16.4. The van der Waals surface area contributed by atoms with E-state index in [1.54, 1.807) is 44.4 Å². The summed E-state index contributed by atoms with van der Waals surface area (Å²) in [6.07, 6.45) is 14.9. The standard InChI is InChI=1S/C44H53NO8/c1-25(2)12-10-18-43(8)19-17-30-35(46)34-36(47)32-22-28-23-33(38(32)51-39(34)31(37(30)52-43)15-14-26(3)4)42(6,7)53-44(9,40(28)48)20-16-27(5)41(49)45-24-29-13-11-21-50-29/h11-14,16-17,19,21-22,28,33,38,46H,10,15,18,20,23-24H2,1-9H3,(H,45,49)/b27-16-. The molecule has 9 heteroatoms. The number of hydrogen-bond acceptors (Lipinski definition) is 8. The van der Waals surface area contributed by atoms with Crippen molar-refractivity contribution in [3.8, 4) is 17.2 Å². The van der Waals surface area contributed by atoms with Gasteiger partial charge in [-0.15, -0.1) is 0 Å². The van der Waals surface area contributed by atoms with E-state index in [4.69, 9.17) is 18.6 Å². The summed E-state index contributed by atoms with van der Waals surface area (Å²) in [6.45, 7) is 17.8. The molecule has 0 saturated carbocycles. The van der Waals surface area contributed by atoms with Crippen molar-refractivity contribution < 1.29 is 38.1 Å². The SMILES string of the molecule is CC(C)=CCCC1(C)C=Cc2c(O)c3c(c(CC=C(C)C)c2O1)OC1C(=CC2CC1C(C)(C)OC(C)(C/C=C(/C)C(=O)NCc1ccco1)C2=O)C3=O. The molecule has 3 aliphatic heterocycles. The Kier molecular flexibility index (Phi) is 10.3. The Bertz CT molecular complexity index is 1970. The molecular weight excluding hydrogens is 670 g/mol. The molecule has 1 amide bonds. The quantitative estimate of drug-likeness (QED) is 0.184. The van der Waals surface area contributed by atoms with Crippen LogP contribution in [-0.2, 0) is 27.3 Å². The van der Waals surface area contributed by atoms with Gasteiger partial charge in [0.2, 0.25) is 5.91 Å². The molecule has 9 nitrogen and oxygen atoms in total. The van der Waals surface area contributed by atoms with Crippen LogP contribution in [-0.4, -0.2) is 45.5 Å². The Morgan fingerprint density at radius 1 is 1.02 bits per heavy atom. The Morgan fingerprint density at radius 3 is 2.43 bits per heavy atom. The number of nitrogens with one attached hydrogen (secondary N) is 1. The van der Waals surface area contributed by atoms with Gasteiger partial charge in [0.25, 0.3) is 0 Å². The topological polar surface area (TPSA) is 124 Å². The van der Waals surface area contributed by atoms with Gasteiger partial charge in [-0.1, -0.05) is 35.5 Å². The van der Waals surface area contributed by atoms with Crippen LogP contribution in [0.4, 0.5) is 0 Å². The summed E-state index contributed by atoms with van der Waals surface area (Å²) in [6, 6.07) is 3.54. The highest BCUT2D eigenvalue weighted by molar-refractivity contribution is 6.16. The minimum atomic E-state index is -1.28. The van der Waals surface area contributed by atoms with Crippen molar-refractivity contribution in [2.75, 3.05) is 0 Å². The number of hydrogen-bond donors (Lipinski definition) is 2. The summed E-state index contributed by atoms with van der Waals surface area (Å²) in [5.41, 5.74) is 1.57. The van der Waals surface area contributed by atoms with E-state index >= 15 is 0 Å². The Labute approximate surface area is 312 Å². The summed E-state index contributed by atoms with van der Waals surface area (Å²) in [5.74, 6) is -0.500. The maximum atomic E-state index is 14.6. The van der Waals surface area contributed by atoms with Gasteiger partial charge in [-0.3, -0.25) is 14.4 Å². The molecular formula is C44H53NO8. The first-order valence-electron chi connectivity index (χ1n) is 18.6. The predicted octanol–water partition coefficient (Wildman–Crippen LogP) is 8.70. The summed E-state index contributed by atoms with van der Waals surface area (Å²) >= 11 is 0. The van der Waals surface area contributed by atoms with Crippen LogP contribution in [0, 0.1) is 11.8 Å². The lowest BCUT2D eigenvalue weighted by molar-refractivity contribution is -0.171. The fourth-order valence-electron chi connectivity index (χ4n) is 8.03. The highest BCUT2D eigenvalue weighted by Gasteiger charge is 2.57. The van der Waals surface area contributed by atoms with Crippen LogP contribution in [0.5, 0.6) is 17.2 Å². The van der Waals surface area contributed by atoms with E-state index in [2.05, 4.69) is 31.3 Å². The smallest absolute Gasteiger partial charge is 0.246 e. The van der Waals surface area contributed by atoms with E-state index in [1.165, 1.54) is 5.57 Å². The molecule has 4 aliphatic rings. The van der Waals surface area contributed by atoms with E-state index < -0.39 is 28.8 Å². The molecule has 0 spiro atoms. The number of rotatable bonds is 10. The molecule has 5 unspecified atom stereocenters. The van der Waals surface area contributed by atoms with Crippen LogP contribution in [0.3, 0.4) is 0 Å². The lowest BCUT2D eigenvalue weighted by Crippen LogP contribution is -2.50. The molecule has 4 heterocycles. The van der Waals surface area contributed by atoms with Gasteiger partial charge in [0, 0.05) is 35.0 Å². The zero-order valence-electron chi connectivity index (χ0n) is 32.5. The number of benzene rings is 1. The maximum Gasteiger partial charge on any atom is 0.246 e. The van der Waals surface area contributed by atoms with Crippen molar-refractivity contribution in [1.82, 2.24) is 5.32 Å². The van der Waals surface area contributed by atoms with E-state index in [0.717, 1.165) is 18.4 Å². The van der Waals surface area contributed by atoms with Gasteiger partial charge in [0.1, 0.15) is 45.9 Å². The van der Waals surface area contributed by atoms with Gasteiger partial charge in [0.15, 0.2) is 11.6 Å². The third-order valence-electron chi connectivity index (χ3n) is 11.1. The van der Waals surface area contributed by atoms with E-state index in [9.17, 15) is 19.5 Å². The fraction of sp³-hybridized carbons (Fsp3) is 0.477. The van der Waals surface area contributed by atoms with E-state index in [1.807, 2.05) is 46.8 Å². The van der Waals surface area contributed by atoms with Crippen molar-refractivity contribution in [3.63, 3.8) is 0 Å². The largest absolute Gasteiger partial charge is 0.506 e.